The van der Waals surface area contributed by atoms with E-state index < -0.39 is 6.10 Å². The summed E-state index contributed by atoms with van der Waals surface area (Å²) < 4.78 is 5.27. The lowest BCUT2D eigenvalue weighted by Gasteiger charge is -2.07. The molecule has 132 valence electrons. The van der Waals surface area contributed by atoms with E-state index in [9.17, 15) is 0 Å². The summed E-state index contributed by atoms with van der Waals surface area (Å²) in [5.41, 5.74) is 0. The zero-order valence-electron chi connectivity index (χ0n) is 14.6. The molecule has 0 fully saturated rings. The predicted molar refractivity (Wildman–Crippen MR) is 94.1 cm³/mol. The Morgan fingerprint density at radius 1 is 0.818 bits per heavy atom. The maximum Gasteiger partial charge on any atom is 0.100 e. The molecule has 0 aliphatic carbocycles. The van der Waals surface area contributed by atoms with Crippen LogP contribution >= 0.6 is 0 Å². The number of hydrogen-bond acceptors (Lipinski definition) is 3. The Balaban J connectivity index is 3.06. The normalized spacial score (nSPS) is 13.0. The van der Waals surface area contributed by atoms with Crippen molar-refractivity contribution in [2.45, 2.75) is 90.1 Å². The second-order valence-electron chi connectivity index (χ2n) is 6.14. The maximum absolute atomic E-state index is 9.09. The van der Waals surface area contributed by atoms with Crippen molar-refractivity contribution in [2.24, 2.45) is 0 Å². The van der Waals surface area contributed by atoms with Gasteiger partial charge in [0, 0.05) is 6.61 Å². The SMILES string of the molecule is CCCCCCC=CCCCCCCCCOC[C@@H](O)CO. The highest BCUT2D eigenvalue weighted by Crippen LogP contribution is 2.09. The number of hydrogen-bond donors (Lipinski definition) is 2. The molecule has 0 rings (SSSR count). The van der Waals surface area contributed by atoms with Gasteiger partial charge >= 0.3 is 0 Å². The first-order valence-corrected chi connectivity index (χ1v) is 9.33. The molecule has 1 atom stereocenters. The van der Waals surface area contributed by atoms with E-state index in [2.05, 4.69) is 19.1 Å². The molecule has 3 heteroatoms. The van der Waals surface area contributed by atoms with Crippen molar-refractivity contribution >= 4 is 0 Å². The summed E-state index contributed by atoms with van der Waals surface area (Å²) in [7, 11) is 0. The lowest BCUT2D eigenvalue weighted by atomic mass is 10.1. The third kappa shape index (κ3) is 17.7. The van der Waals surface area contributed by atoms with E-state index in [-0.39, 0.29) is 13.2 Å². The summed E-state index contributed by atoms with van der Waals surface area (Å²) in [5.74, 6) is 0. The Morgan fingerprint density at radius 2 is 1.36 bits per heavy atom. The number of unbranched alkanes of at least 4 members (excludes halogenated alkanes) is 10. The molecule has 0 spiro atoms. The molecule has 0 aromatic carbocycles. The van der Waals surface area contributed by atoms with Gasteiger partial charge in [-0.05, 0) is 32.1 Å². The molecule has 0 aromatic heterocycles. The van der Waals surface area contributed by atoms with Gasteiger partial charge in [-0.1, -0.05) is 64.0 Å². The molecule has 0 aromatic rings. The van der Waals surface area contributed by atoms with Crippen molar-refractivity contribution < 1.29 is 14.9 Å². The zero-order valence-corrected chi connectivity index (χ0v) is 14.6. The molecule has 0 amide bonds. The number of aliphatic hydroxyl groups is 2. The van der Waals surface area contributed by atoms with Gasteiger partial charge < -0.3 is 14.9 Å². The van der Waals surface area contributed by atoms with Crippen LogP contribution in [-0.4, -0.2) is 36.1 Å². The van der Waals surface area contributed by atoms with Gasteiger partial charge in [-0.2, -0.15) is 0 Å². The average Bonchev–Trinajstić information content (AvgIpc) is 2.54. The summed E-state index contributed by atoms with van der Waals surface area (Å²) in [6, 6.07) is 0. The van der Waals surface area contributed by atoms with Crippen molar-refractivity contribution in [3.63, 3.8) is 0 Å². The van der Waals surface area contributed by atoms with Crippen molar-refractivity contribution in [1.82, 2.24) is 0 Å². The molecule has 0 saturated heterocycles. The average molecular weight is 315 g/mol. The summed E-state index contributed by atoms with van der Waals surface area (Å²) in [5, 5.41) is 17.7. The van der Waals surface area contributed by atoms with Crippen LogP contribution in [0.5, 0.6) is 0 Å². The number of rotatable bonds is 17. The first-order chi connectivity index (χ1) is 10.8. The van der Waals surface area contributed by atoms with Crippen LogP contribution in [0.15, 0.2) is 12.2 Å². The fourth-order valence-corrected chi connectivity index (χ4v) is 2.37. The minimum absolute atomic E-state index is 0.215. The van der Waals surface area contributed by atoms with Crippen LogP contribution in [0.4, 0.5) is 0 Å². The largest absolute Gasteiger partial charge is 0.394 e. The van der Waals surface area contributed by atoms with Crippen LogP contribution in [0.25, 0.3) is 0 Å². The Hall–Kier alpha value is -0.380. The maximum atomic E-state index is 9.09. The van der Waals surface area contributed by atoms with Crippen molar-refractivity contribution in [3.05, 3.63) is 12.2 Å². The van der Waals surface area contributed by atoms with Gasteiger partial charge in [-0.25, -0.2) is 0 Å². The first-order valence-electron chi connectivity index (χ1n) is 9.33. The van der Waals surface area contributed by atoms with E-state index in [1.54, 1.807) is 0 Å². The van der Waals surface area contributed by atoms with Crippen molar-refractivity contribution in [1.29, 1.82) is 0 Å². The van der Waals surface area contributed by atoms with Gasteiger partial charge in [-0.15, -0.1) is 0 Å². The molecule has 0 aliphatic rings. The summed E-state index contributed by atoms with van der Waals surface area (Å²) in [4.78, 5) is 0. The van der Waals surface area contributed by atoms with Gasteiger partial charge in [0.25, 0.3) is 0 Å². The molecule has 0 heterocycles. The van der Waals surface area contributed by atoms with Crippen LogP contribution in [0, 0.1) is 0 Å². The van der Waals surface area contributed by atoms with E-state index in [4.69, 9.17) is 14.9 Å². The molecule has 22 heavy (non-hydrogen) atoms. The first kappa shape index (κ1) is 21.6. The number of allylic oxidation sites excluding steroid dienone is 2. The van der Waals surface area contributed by atoms with Gasteiger partial charge in [0.1, 0.15) is 6.10 Å². The van der Waals surface area contributed by atoms with E-state index in [0.717, 1.165) is 6.42 Å². The molecular formula is C19H38O3. The van der Waals surface area contributed by atoms with Crippen LogP contribution < -0.4 is 0 Å². The minimum Gasteiger partial charge on any atom is -0.394 e. The molecule has 2 N–H and O–H groups in total. The second kappa shape index (κ2) is 18.7. The fraction of sp³-hybridized carbons (Fsp3) is 0.895. The smallest absolute Gasteiger partial charge is 0.100 e. The number of ether oxygens (including phenoxy) is 1. The summed E-state index contributed by atoms with van der Waals surface area (Å²) >= 11 is 0. The van der Waals surface area contributed by atoms with Crippen LogP contribution in [0.3, 0.4) is 0 Å². The highest BCUT2D eigenvalue weighted by Gasteiger charge is 2.00. The highest BCUT2D eigenvalue weighted by molar-refractivity contribution is 4.81. The molecule has 3 nitrogen and oxygen atoms in total. The Morgan fingerprint density at radius 3 is 1.95 bits per heavy atom. The lowest BCUT2D eigenvalue weighted by Crippen LogP contribution is -2.19. The Kier molecular flexibility index (Phi) is 18.3. The topological polar surface area (TPSA) is 49.7 Å². The lowest BCUT2D eigenvalue weighted by molar-refractivity contribution is 0.00526. The summed E-state index contributed by atoms with van der Waals surface area (Å²) in [6.45, 7) is 2.98. The van der Waals surface area contributed by atoms with E-state index >= 15 is 0 Å². The van der Waals surface area contributed by atoms with Gasteiger partial charge in [0.05, 0.1) is 13.2 Å². The van der Waals surface area contributed by atoms with E-state index in [1.807, 2.05) is 0 Å². The Bertz CT molecular complexity index is 229. The standard InChI is InChI=1S/C19H38O3/c1-2-3-4-5-6-7-8-9-10-11-12-13-14-15-16-22-18-19(21)17-20/h7-8,19-21H,2-6,9-18H2,1H3/t19-/m0/s1. The third-order valence-corrected chi connectivity index (χ3v) is 3.82. The predicted octanol–water partition coefficient (Wildman–Crippen LogP) is 4.61. The zero-order chi connectivity index (χ0) is 16.3. The van der Waals surface area contributed by atoms with E-state index in [0.29, 0.717) is 6.61 Å². The van der Waals surface area contributed by atoms with Gasteiger partial charge in [-0.3, -0.25) is 0 Å². The quantitative estimate of drug-likeness (QED) is 0.304. The number of aliphatic hydroxyl groups excluding tert-OH is 2. The van der Waals surface area contributed by atoms with Crippen molar-refractivity contribution in [3.8, 4) is 0 Å². The van der Waals surface area contributed by atoms with Gasteiger partial charge in [0.2, 0.25) is 0 Å². The Labute approximate surface area is 137 Å². The van der Waals surface area contributed by atoms with Crippen LogP contribution in [-0.2, 0) is 4.74 Å². The molecule has 0 bridgehead atoms. The molecule has 0 radical (unpaired) electrons. The van der Waals surface area contributed by atoms with Crippen LogP contribution in [0.1, 0.15) is 84.0 Å². The van der Waals surface area contributed by atoms with Crippen LogP contribution in [0.2, 0.25) is 0 Å². The fourth-order valence-electron chi connectivity index (χ4n) is 2.37. The molecule has 0 saturated carbocycles. The molecule has 0 aliphatic heterocycles. The molecule has 0 unspecified atom stereocenters. The van der Waals surface area contributed by atoms with Crippen molar-refractivity contribution in [2.75, 3.05) is 19.8 Å². The summed E-state index contributed by atoms with van der Waals surface area (Å²) in [6.07, 6.45) is 19.4. The minimum atomic E-state index is -0.723. The third-order valence-electron chi connectivity index (χ3n) is 3.82. The second-order valence-corrected chi connectivity index (χ2v) is 6.14. The highest BCUT2D eigenvalue weighted by atomic mass is 16.5. The monoisotopic (exact) mass is 314 g/mol. The van der Waals surface area contributed by atoms with Gasteiger partial charge in [0.15, 0.2) is 0 Å². The van der Waals surface area contributed by atoms with E-state index in [1.165, 1.54) is 70.6 Å². The molecular weight excluding hydrogens is 276 g/mol.